The Hall–Kier alpha value is -3.83. The van der Waals surface area contributed by atoms with E-state index in [1.165, 1.54) is 0 Å². The van der Waals surface area contributed by atoms with Crippen LogP contribution in [0.15, 0.2) is 36.5 Å². The molecule has 0 radical (unpaired) electrons. The van der Waals surface area contributed by atoms with Crippen LogP contribution in [0.3, 0.4) is 0 Å². The van der Waals surface area contributed by atoms with Crippen molar-refractivity contribution in [3.8, 4) is 18.1 Å². The van der Waals surface area contributed by atoms with Gasteiger partial charge in [0.05, 0.1) is 17.4 Å². The number of carbonyl (C=O) groups is 1. The van der Waals surface area contributed by atoms with Crippen molar-refractivity contribution < 1.29 is 22.7 Å². The van der Waals surface area contributed by atoms with E-state index in [-0.39, 0.29) is 24.5 Å². The number of benzene rings is 2. The first kappa shape index (κ1) is 27.2. The molecule has 198 valence electrons. The summed E-state index contributed by atoms with van der Waals surface area (Å²) in [7, 11) is 0. The topological polar surface area (TPSA) is 68.5 Å². The molecule has 0 unspecified atom stereocenters. The Balaban J connectivity index is 1.59. The molecule has 1 aromatic heterocycles. The Morgan fingerprint density at radius 3 is 2.45 bits per heavy atom. The fourth-order valence-corrected chi connectivity index (χ4v) is 4.98. The average Bonchev–Trinajstić information content (AvgIpc) is 3.12. The Kier molecular flexibility index (Phi) is 7.52. The van der Waals surface area contributed by atoms with Crippen molar-refractivity contribution in [1.82, 2.24) is 4.98 Å². The van der Waals surface area contributed by atoms with E-state index in [1.807, 2.05) is 39.8 Å². The summed E-state index contributed by atoms with van der Waals surface area (Å²) in [6, 6.07) is 6.04. The number of rotatable bonds is 7. The van der Waals surface area contributed by atoms with E-state index in [0.29, 0.717) is 36.0 Å². The molecule has 1 aliphatic rings. The highest BCUT2D eigenvalue weighted by molar-refractivity contribution is 5.99. The summed E-state index contributed by atoms with van der Waals surface area (Å²) < 4.78 is 46.9. The number of aromatic nitrogens is 1. The number of amides is 1. The van der Waals surface area contributed by atoms with Crippen LogP contribution in [-0.2, 0) is 23.1 Å². The maximum Gasteiger partial charge on any atom is 0.244 e. The molecule has 0 fully saturated rings. The minimum Gasteiger partial charge on any atom is -0.481 e. The van der Waals surface area contributed by atoms with Gasteiger partial charge < -0.3 is 15.4 Å². The maximum absolute atomic E-state index is 14.3. The van der Waals surface area contributed by atoms with Gasteiger partial charge in [-0.15, -0.1) is 6.42 Å². The second-order valence-corrected chi connectivity index (χ2v) is 10.4. The average molecular weight is 522 g/mol. The third kappa shape index (κ3) is 5.39. The molecule has 2 heterocycles. The van der Waals surface area contributed by atoms with Gasteiger partial charge in [0.2, 0.25) is 5.91 Å². The molecule has 2 N–H and O–H groups in total. The zero-order valence-corrected chi connectivity index (χ0v) is 21.9. The number of nitrogens with zero attached hydrogens (tertiary/aromatic N) is 2. The molecule has 8 heteroatoms. The fourth-order valence-electron chi connectivity index (χ4n) is 4.98. The van der Waals surface area contributed by atoms with Gasteiger partial charge in [0.1, 0.15) is 18.2 Å². The van der Waals surface area contributed by atoms with Gasteiger partial charge in [-0.1, -0.05) is 19.8 Å². The number of fused-ring (bicyclic) bond motifs is 1. The number of nitrogens with two attached hydrogens (primary N) is 1. The van der Waals surface area contributed by atoms with Crippen LogP contribution < -0.4 is 15.4 Å². The monoisotopic (exact) mass is 521 g/mol. The van der Waals surface area contributed by atoms with Crippen LogP contribution in [-0.4, -0.2) is 30.1 Å². The molecule has 0 bridgehead atoms. The Morgan fingerprint density at radius 1 is 1.13 bits per heavy atom. The van der Waals surface area contributed by atoms with Crippen molar-refractivity contribution >= 4 is 11.6 Å². The molecule has 5 nitrogen and oxygen atoms in total. The molecule has 4 rings (SSSR count). The predicted octanol–water partition coefficient (Wildman–Crippen LogP) is 4.91. The first-order valence-electron chi connectivity index (χ1n) is 12.3. The smallest absolute Gasteiger partial charge is 0.244 e. The van der Waals surface area contributed by atoms with Crippen LogP contribution in [0, 0.1) is 43.6 Å². The van der Waals surface area contributed by atoms with Crippen LogP contribution in [0.25, 0.3) is 0 Å². The van der Waals surface area contributed by atoms with Crippen molar-refractivity contribution in [3.63, 3.8) is 0 Å². The second kappa shape index (κ2) is 10.5. The van der Waals surface area contributed by atoms with Gasteiger partial charge in [0, 0.05) is 30.6 Å². The normalized spacial score (nSPS) is 14.7. The number of aryl methyl sites for hydroxylation is 2. The predicted molar refractivity (Wildman–Crippen MR) is 141 cm³/mol. The molecule has 3 aromatic rings. The highest BCUT2D eigenvalue weighted by Crippen LogP contribution is 2.40. The van der Waals surface area contributed by atoms with E-state index >= 15 is 0 Å². The number of pyridine rings is 1. The van der Waals surface area contributed by atoms with Gasteiger partial charge in [-0.05, 0) is 72.4 Å². The highest BCUT2D eigenvalue weighted by atomic mass is 19.2. The van der Waals surface area contributed by atoms with Gasteiger partial charge in [-0.3, -0.25) is 9.78 Å². The van der Waals surface area contributed by atoms with E-state index in [4.69, 9.17) is 16.9 Å². The number of anilines is 1. The summed E-state index contributed by atoms with van der Waals surface area (Å²) >= 11 is 0. The minimum atomic E-state index is -1.24. The second-order valence-electron chi connectivity index (χ2n) is 10.4. The largest absolute Gasteiger partial charge is 0.481 e. The van der Waals surface area contributed by atoms with Crippen LogP contribution in [0.4, 0.5) is 18.9 Å². The van der Waals surface area contributed by atoms with Crippen molar-refractivity contribution in [2.24, 2.45) is 5.73 Å². The number of carbonyl (C=O) groups excluding carboxylic acids is 1. The van der Waals surface area contributed by atoms with Crippen LogP contribution in [0.2, 0.25) is 0 Å². The summed E-state index contributed by atoms with van der Waals surface area (Å²) in [5.74, 6) is -0.378. The lowest BCUT2D eigenvalue weighted by molar-refractivity contribution is -0.119. The molecule has 2 aromatic carbocycles. The van der Waals surface area contributed by atoms with Crippen LogP contribution in [0.1, 0.15) is 47.4 Å². The standard InChI is InChI=1S/C30H30F3N3O2/c1-6-7-38-21-8-17(2)22(18(3)9-21)13-26(34)29(37)36-16-30(4,5)28-27(36)11-19(15-35-28)10-20-12-24(32)25(33)14-23(20)31/h1,8-9,11-12,14-15,26H,7,10,13,16,34H2,2-5H3/t26-/m0/s1. The maximum atomic E-state index is 14.3. The van der Waals surface area contributed by atoms with Gasteiger partial charge in [0.15, 0.2) is 11.6 Å². The lowest BCUT2D eigenvalue weighted by Crippen LogP contribution is -2.46. The molecule has 1 amide bonds. The molecule has 0 saturated heterocycles. The van der Waals surface area contributed by atoms with Crippen molar-refractivity contribution in [2.75, 3.05) is 18.1 Å². The molecular formula is C30H30F3N3O2. The number of hydrogen-bond acceptors (Lipinski definition) is 4. The summed E-state index contributed by atoms with van der Waals surface area (Å²) in [6.07, 6.45) is 7.17. The van der Waals surface area contributed by atoms with E-state index < -0.39 is 28.9 Å². The SMILES string of the molecule is C#CCOc1cc(C)c(C[C@H](N)C(=O)N2CC(C)(C)c3ncc(Cc4cc(F)c(F)cc4F)cc32)c(C)c1. The highest BCUT2D eigenvalue weighted by Gasteiger charge is 2.41. The molecule has 38 heavy (non-hydrogen) atoms. The third-order valence-electron chi connectivity index (χ3n) is 6.89. The first-order valence-corrected chi connectivity index (χ1v) is 12.3. The zero-order chi connectivity index (χ0) is 27.8. The quantitative estimate of drug-likeness (QED) is 0.354. The van der Waals surface area contributed by atoms with Gasteiger partial charge in [-0.2, -0.15) is 0 Å². The zero-order valence-electron chi connectivity index (χ0n) is 21.9. The first-order chi connectivity index (χ1) is 17.9. The summed E-state index contributed by atoms with van der Waals surface area (Å²) in [5.41, 5.74) is 10.7. The number of terminal acetylenes is 1. The Morgan fingerprint density at radius 2 is 1.79 bits per heavy atom. The fraction of sp³-hybridized carbons (Fsp3) is 0.333. The van der Waals surface area contributed by atoms with Crippen LogP contribution in [0.5, 0.6) is 5.75 Å². The summed E-state index contributed by atoms with van der Waals surface area (Å²) in [4.78, 5) is 19.8. The van der Waals surface area contributed by atoms with Crippen LogP contribution >= 0.6 is 0 Å². The Labute approximate surface area is 220 Å². The summed E-state index contributed by atoms with van der Waals surface area (Å²) in [5, 5.41) is 0. The van der Waals surface area contributed by atoms with Gasteiger partial charge in [-0.25, -0.2) is 13.2 Å². The van der Waals surface area contributed by atoms with E-state index in [2.05, 4.69) is 10.9 Å². The third-order valence-corrected chi connectivity index (χ3v) is 6.89. The minimum absolute atomic E-state index is 0.00175. The molecule has 0 saturated carbocycles. The molecule has 1 atom stereocenters. The molecule has 0 spiro atoms. The number of halogens is 3. The van der Waals surface area contributed by atoms with Gasteiger partial charge in [0.25, 0.3) is 0 Å². The van der Waals surface area contributed by atoms with E-state index in [9.17, 15) is 18.0 Å². The van der Waals surface area contributed by atoms with Crippen molar-refractivity contribution in [3.05, 3.63) is 87.5 Å². The number of ether oxygens (including phenoxy) is 1. The van der Waals surface area contributed by atoms with Crippen molar-refractivity contribution in [2.45, 2.75) is 52.0 Å². The molecular weight excluding hydrogens is 491 g/mol. The molecule has 0 aliphatic carbocycles. The summed E-state index contributed by atoms with van der Waals surface area (Å²) in [6.45, 7) is 8.38. The lowest BCUT2D eigenvalue weighted by atomic mass is 9.91. The van der Waals surface area contributed by atoms with Gasteiger partial charge >= 0.3 is 0 Å². The van der Waals surface area contributed by atoms with E-state index in [1.54, 1.807) is 17.2 Å². The number of hydrogen-bond donors (Lipinski definition) is 1. The van der Waals surface area contributed by atoms with E-state index in [0.717, 1.165) is 28.5 Å². The van der Waals surface area contributed by atoms with Crippen molar-refractivity contribution in [1.29, 1.82) is 0 Å². The lowest BCUT2D eigenvalue weighted by Gasteiger charge is -2.24. The molecule has 1 aliphatic heterocycles. The Bertz CT molecular complexity index is 1420.